The van der Waals surface area contributed by atoms with Crippen molar-refractivity contribution in [1.82, 2.24) is 5.32 Å². The average Bonchev–Trinajstić information content (AvgIpc) is 2.91. The first kappa shape index (κ1) is 22.7. The van der Waals surface area contributed by atoms with Gasteiger partial charge < -0.3 is 14.8 Å². The molecule has 0 spiro atoms. The number of fused-ring (bicyclic) bond motifs is 2. The third kappa shape index (κ3) is 4.40. The molecule has 5 rings (SSSR count). The van der Waals surface area contributed by atoms with Gasteiger partial charge >= 0.3 is 0 Å². The minimum atomic E-state index is -3.94. The standard InChI is InChI=1S/C27H24N2O5S/c1-33-21-13-15-22(16-14-21)35(31,32)29-18-26(34-25-12-5-4-11-24(25)29)27(30)28-17-20-9-6-8-19-7-2-3-10-23(19)20/h2-16,26H,17-18H2,1H3,(H,28,30)/t26-/m0/s1. The van der Waals surface area contributed by atoms with Crippen LogP contribution < -0.4 is 19.1 Å². The Morgan fingerprint density at radius 3 is 2.49 bits per heavy atom. The monoisotopic (exact) mass is 488 g/mol. The van der Waals surface area contributed by atoms with Gasteiger partial charge in [0.15, 0.2) is 6.10 Å². The zero-order valence-corrected chi connectivity index (χ0v) is 19.9. The summed E-state index contributed by atoms with van der Waals surface area (Å²) in [6.45, 7) is 0.152. The highest BCUT2D eigenvalue weighted by Gasteiger charge is 2.37. The first-order valence-electron chi connectivity index (χ1n) is 11.1. The van der Waals surface area contributed by atoms with Crippen molar-refractivity contribution in [2.24, 2.45) is 0 Å². The van der Waals surface area contributed by atoms with Gasteiger partial charge in [0, 0.05) is 6.54 Å². The van der Waals surface area contributed by atoms with E-state index in [0.717, 1.165) is 16.3 Å². The van der Waals surface area contributed by atoms with Crippen LogP contribution in [0.5, 0.6) is 11.5 Å². The van der Waals surface area contributed by atoms with Crippen LogP contribution in [0.4, 0.5) is 5.69 Å². The van der Waals surface area contributed by atoms with E-state index in [1.165, 1.54) is 23.5 Å². The molecule has 0 fully saturated rings. The molecule has 0 aromatic heterocycles. The van der Waals surface area contributed by atoms with Crippen LogP contribution in [0.25, 0.3) is 10.8 Å². The van der Waals surface area contributed by atoms with Gasteiger partial charge in [-0.1, -0.05) is 54.6 Å². The lowest BCUT2D eigenvalue weighted by Gasteiger charge is -2.34. The highest BCUT2D eigenvalue weighted by atomic mass is 32.2. The number of amides is 1. The van der Waals surface area contributed by atoms with Crippen molar-refractivity contribution >= 4 is 32.4 Å². The van der Waals surface area contributed by atoms with Crippen LogP contribution >= 0.6 is 0 Å². The molecule has 1 heterocycles. The molecule has 0 aliphatic carbocycles. The SMILES string of the molecule is COc1ccc(S(=O)(=O)N2C[C@@H](C(=O)NCc3cccc4ccccc34)Oc3ccccc32)cc1. The van der Waals surface area contributed by atoms with Gasteiger partial charge in [-0.3, -0.25) is 9.10 Å². The molecular formula is C27H24N2O5S. The highest BCUT2D eigenvalue weighted by molar-refractivity contribution is 7.92. The maximum Gasteiger partial charge on any atom is 0.264 e. The molecule has 1 amide bonds. The molecule has 4 aromatic carbocycles. The fourth-order valence-corrected chi connectivity index (χ4v) is 5.66. The molecular weight excluding hydrogens is 464 g/mol. The molecule has 1 aliphatic rings. The topological polar surface area (TPSA) is 84.9 Å². The van der Waals surface area contributed by atoms with Crippen LogP contribution in [-0.2, 0) is 21.4 Å². The molecule has 7 nitrogen and oxygen atoms in total. The lowest BCUT2D eigenvalue weighted by atomic mass is 10.0. The number of benzene rings is 4. The van der Waals surface area contributed by atoms with Gasteiger partial charge in [0.2, 0.25) is 0 Å². The number of anilines is 1. The Hall–Kier alpha value is -4.04. The van der Waals surface area contributed by atoms with Crippen molar-refractivity contribution in [1.29, 1.82) is 0 Å². The lowest BCUT2D eigenvalue weighted by Crippen LogP contribution is -2.50. The fourth-order valence-electron chi connectivity index (χ4n) is 4.18. The van der Waals surface area contributed by atoms with Gasteiger partial charge in [-0.2, -0.15) is 0 Å². The Morgan fingerprint density at radius 1 is 0.971 bits per heavy atom. The quantitative estimate of drug-likeness (QED) is 0.441. The summed E-state index contributed by atoms with van der Waals surface area (Å²) in [7, 11) is -2.43. The van der Waals surface area contributed by atoms with Crippen LogP contribution in [0.3, 0.4) is 0 Å². The second kappa shape index (κ2) is 9.31. The van der Waals surface area contributed by atoms with E-state index in [9.17, 15) is 13.2 Å². The number of hydrogen-bond donors (Lipinski definition) is 1. The van der Waals surface area contributed by atoms with Crippen LogP contribution in [0.1, 0.15) is 5.56 Å². The second-order valence-electron chi connectivity index (χ2n) is 8.14. The minimum absolute atomic E-state index is 0.102. The van der Waals surface area contributed by atoms with Crippen molar-refractivity contribution in [2.45, 2.75) is 17.5 Å². The van der Waals surface area contributed by atoms with Gasteiger partial charge in [-0.05, 0) is 52.7 Å². The molecule has 0 unspecified atom stereocenters. The van der Waals surface area contributed by atoms with E-state index in [4.69, 9.17) is 9.47 Å². The summed E-state index contributed by atoms with van der Waals surface area (Å²) in [4.78, 5) is 13.2. The van der Waals surface area contributed by atoms with Crippen LogP contribution in [-0.4, -0.2) is 34.1 Å². The summed E-state index contributed by atoms with van der Waals surface area (Å²) in [5.41, 5.74) is 1.36. The van der Waals surface area contributed by atoms with E-state index >= 15 is 0 Å². The smallest absolute Gasteiger partial charge is 0.264 e. The zero-order chi connectivity index (χ0) is 24.4. The van der Waals surface area contributed by atoms with Crippen molar-refractivity contribution < 1.29 is 22.7 Å². The van der Waals surface area contributed by atoms with Crippen molar-refractivity contribution in [3.05, 3.63) is 96.6 Å². The Morgan fingerprint density at radius 2 is 1.69 bits per heavy atom. The Kier molecular flexibility index (Phi) is 6.05. The van der Waals surface area contributed by atoms with Crippen LogP contribution in [0.2, 0.25) is 0 Å². The maximum atomic E-state index is 13.5. The van der Waals surface area contributed by atoms with Gasteiger partial charge in [0.1, 0.15) is 11.5 Å². The summed E-state index contributed by atoms with van der Waals surface area (Å²) in [5, 5.41) is 5.05. The van der Waals surface area contributed by atoms with E-state index in [0.29, 0.717) is 23.7 Å². The number of carbonyl (C=O) groups excluding carboxylic acids is 1. The number of nitrogens with zero attached hydrogens (tertiary/aromatic N) is 1. The number of methoxy groups -OCH3 is 1. The molecule has 35 heavy (non-hydrogen) atoms. The maximum absolute atomic E-state index is 13.5. The molecule has 1 atom stereocenters. The number of ether oxygens (including phenoxy) is 2. The molecule has 8 heteroatoms. The molecule has 0 bridgehead atoms. The van der Waals surface area contributed by atoms with E-state index in [1.807, 2.05) is 42.5 Å². The second-order valence-corrected chi connectivity index (χ2v) is 10.0. The number of para-hydroxylation sites is 2. The van der Waals surface area contributed by atoms with E-state index in [2.05, 4.69) is 5.32 Å². The molecule has 0 radical (unpaired) electrons. The van der Waals surface area contributed by atoms with Crippen molar-refractivity contribution in [3.63, 3.8) is 0 Å². The van der Waals surface area contributed by atoms with Gasteiger partial charge in [0.05, 0.1) is 24.2 Å². The minimum Gasteiger partial charge on any atom is -0.497 e. The summed E-state index contributed by atoms with van der Waals surface area (Å²) in [5.74, 6) is 0.500. The lowest BCUT2D eigenvalue weighted by molar-refractivity contribution is -0.127. The van der Waals surface area contributed by atoms with Crippen molar-refractivity contribution in [2.75, 3.05) is 18.0 Å². The van der Waals surface area contributed by atoms with Crippen molar-refractivity contribution in [3.8, 4) is 11.5 Å². The predicted octanol–water partition coefficient (Wildman–Crippen LogP) is 4.12. The third-order valence-electron chi connectivity index (χ3n) is 6.01. The number of rotatable bonds is 6. The molecule has 1 N–H and O–H groups in total. The van der Waals surface area contributed by atoms with Gasteiger partial charge in [-0.25, -0.2) is 8.42 Å². The number of carbonyl (C=O) groups is 1. The summed E-state index contributed by atoms with van der Waals surface area (Å²) >= 11 is 0. The highest BCUT2D eigenvalue weighted by Crippen LogP contribution is 2.37. The van der Waals surface area contributed by atoms with E-state index in [1.54, 1.807) is 36.4 Å². The molecule has 4 aromatic rings. The van der Waals surface area contributed by atoms with Gasteiger partial charge in [0.25, 0.3) is 15.9 Å². The van der Waals surface area contributed by atoms with Crippen LogP contribution in [0, 0.1) is 0 Å². The van der Waals surface area contributed by atoms with Crippen LogP contribution in [0.15, 0.2) is 95.9 Å². The average molecular weight is 489 g/mol. The molecule has 178 valence electrons. The summed E-state index contributed by atoms with van der Waals surface area (Å²) in [6, 6.07) is 26.8. The molecule has 0 saturated heterocycles. The third-order valence-corrected chi connectivity index (χ3v) is 7.80. The first-order chi connectivity index (χ1) is 17.0. The Balaban J connectivity index is 1.40. The fraction of sp³-hybridized carbons (Fsp3) is 0.148. The normalized spacial score (nSPS) is 15.2. The largest absolute Gasteiger partial charge is 0.497 e. The summed E-state index contributed by atoms with van der Waals surface area (Å²) in [6.07, 6.45) is -1.01. The zero-order valence-electron chi connectivity index (χ0n) is 19.0. The number of hydrogen-bond acceptors (Lipinski definition) is 5. The van der Waals surface area contributed by atoms with Gasteiger partial charge in [-0.15, -0.1) is 0 Å². The summed E-state index contributed by atoms with van der Waals surface area (Å²) < 4.78 is 39.4. The first-order valence-corrected chi connectivity index (χ1v) is 12.6. The molecule has 1 aliphatic heterocycles. The predicted molar refractivity (Wildman–Crippen MR) is 134 cm³/mol. The Bertz CT molecular complexity index is 1480. The number of nitrogens with one attached hydrogen (secondary N) is 1. The van der Waals surface area contributed by atoms with E-state index in [-0.39, 0.29) is 17.3 Å². The number of sulfonamides is 1. The molecule has 0 saturated carbocycles. The Labute approximate surface area is 204 Å². The van der Waals surface area contributed by atoms with E-state index < -0.39 is 16.1 Å².